The van der Waals surface area contributed by atoms with E-state index in [1.165, 1.54) is 5.56 Å². The van der Waals surface area contributed by atoms with Crippen molar-refractivity contribution in [3.05, 3.63) is 64.2 Å². The summed E-state index contributed by atoms with van der Waals surface area (Å²) >= 11 is 5.97. The molecule has 0 bridgehead atoms. The van der Waals surface area contributed by atoms with Crippen molar-refractivity contribution in [2.24, 2.45) is 0 Å². The van der Waals surface area contributed by atoms with Crippen LogP contribution < -0.4 is 5.32 Å². The van der Waals surface area contributed by atoms with E-state index in [1.54, 1.807) is 12.1 Å². The van der Waals surface area contributed by atoms with E-state index >= 15 is 0 Å². The minimum absolute atomic E-state index is 0.0860. The highest BCUT2D eigenvalue weighted by molar-refractivity contribution is 6.36. The second-order valence-corrected chi connectivity index (χ2v) is 7.01. The first kappa shape index (κ1) is 14.9. The third kappa shape index (κ3) is 2.79. The Morgan fingerprint density at radius 3 is 2.36 bits per heavy atom. The molecule has 1 aliphatic heterocycles. The monoisotopic (exact) mass is 311 g/mol. The summed E-state index contributed by atoms with van der Waals surface area (Å²) in [5.74, 6) is -0.0860. The van der Waals surface area contributed by atoms with E-state index in [1.807, 2.05) is 12.1 Å². The fourth-order valence-electron chi connectivity index (χ4n) is 2.56. The second kappa shape index (κ2) is 5.29. The summed E-state index contributed by atoms with van der Waals surface area (Å²) in [5.41, 5.74) is 4.76. The lowest BCUT2D eigenvalue weighted by molar-refractivity contribution is -0.110. The minimum Gasteiger partial charge on any atom is -0.321 e. The average molecular weight is 312 g/mol. The molecule has 0 saturated heterocycles. The molecule has 3 rings (SSSR count). The maximum Gasteiger partial charge on any atom is 0.256 e. The van der Waals surface area contributed by atoms with Crippen LogP contribution in [0.2, 0.25) is 5.02 Å². The van der Waals surface area contributed by atoms with Crippen LogP contribution in [0, 0.1) is 0 Å². The molecule has 2 nitrogen and oxygen atoms in total. The van der Waals surface area contributed by atoms with Gasteiger partial charge in [0.15, 0.2) is 0 Å². The number of anilines is 1. The first-order chi connectivity index (χ1) is 10.3. The van der Waals surface area contributed by atoms with E-state index in [4.69, 9.17) is 11.6 Å². The summed E-state index contributed by atoms with van der Waals surface area (Å²) in [4.78, 5) is 12.2. The molecule has 2 aromatic carbocycles. The summed E-state index contributed by atoms with van der Waals surface area (Å²) in [7, 11) is 0. The van der Waals surface area contributed by atoms with Crippen molar-refractivity contribution in [1.29, 1.82) is 0 Å². The van der Waals surface area contributed by atoms with Gasteiger partial charge in [0.2, 0.25) is 0 Å². The Hall–Kier alpha value is -2.06. The maximum atomic E-state index is 12.2. The minimum atomic E-state index is -0.0860. The molecule has 0 spiro atoms. The van der Waals surface area contributed by atoms with E-state index in [0.29, 0.717) is 10.6 Å². The summed E-state index contributed by atoms with van der Waals surface area (Å²) in [5, 5.41) is 3.47. The van der Waals surface area contributed by atoms with Crippen LogP contribution >= 0.6 is 11.6 Å². The van der Waals surface area contributed by atoms with Gasteiger partial charge in [-0.3, -0.25) is 4.79 Å². The Labute approximate surface area is 135 Å². The quantitative estimate of drug-likeness (QED) is 0.727. The number of benzene rings is 2. The molecule has 0 saturated carbocycles. The number of fused-ring (bicyclic) bond motifs is 1. The van der Waals surface area contributed by atoms with Crippen molar-refractivity contribution in [3.63, 3.8) is 0 Å². The molecule has 1 heterocycles. The van der Waals surface area contributed by atoms with Gasteiger partial charge in [0.1, 0.15) is 0 Å². The van der Waals surface area contributed by atoms with Crippen LogP contribution in [0.5, 0.6) is 0 Å². The molecule has 0 radical (unpaired) electrons. The van der Waals surface area contributed by atoms with E-state index in [2.05, 4.69) is 50.4 Å². The van der Waals surface area contributed by atoms with Gasteiger partial charge in [-0.2, -0.15) is 0 Å². The third-order valence-corrected chi connectivity index (χ3v) is 4.09. The number of nitrogens with one attached hydrogen (secondary N) is 1. The zero-order chi connectivity index (χ0) is 15.9. The fraction of sp³-hybridized carbons (Fsp3) is 0.211. The number of hydrogen-bond acceptors (Lipinski definition) is 1. The number of carbonyl (C=O) groups is 1. The van der Waals surface area contributed by atoms with Crippen molar-refractivity contribution in [2.75, 3.05) is 5.32 Å². The predicted octanol–water partition coefficient (Wildman–Crippen LogP) is 5.13. The van der Waals surface area contributed by atoms with Gasteiger partial charge in [0.05, 0.1) is 5.69 Å². The van der Waals surface area contributed by atoms with Crippen molar-refractivity contribution in [2.45, 2.75) is 26.2 Å². The van der Waals surface area contributed by atoms with Gasteiger partial charge in [-0.15, -0.1) is 0 Å². The molecule has 0 aliphatic carbocycles. The molecule has 0 atom stereocenters. The van der Waals surface area contributed by atoms with Crippen molar-refractivity contribution in [3.8, 4) is 0 Å². The normalized spacial score (nSPS) is 15.8. The van der Waals surface area contributed by atoms with Crippen LogP contribution in [-0.2, 0) is 10.2 Å². The number of halogens is 1. The molecule has 3 heteroatoms. The molecule has 1 aliphatic rings. The third-order valence-electron chi connectivity index (χ3n) is 3.85. The molecule has 112 valence electrons. The largest absolute Gasteiger partial charge is 0.321 e. The van der Waals surface area contributed by atoms with Gasteiger partial charge < -0.3 is 5.32 Å². The van der Waals surface area contributed by atoms with Crippen LogP contribution in [0.3, 0.4) is 0 Å². The molecule has 0 aromatic heterocycles. The van der Waals surface area contributed by atoms with Gasteiger partial charge >= 0.3 is 0 Å². The molecular weight excluding hydrogens is 294 g/mol. The zero-order valence-electron chi connectivity index (χ0n) is 12.9. The fourth-order valence-corrected chi connectivity index (χ4v) is 2.73. The van der Waals surface area contributed by atoms with Crippen LogP contribution in [0.4, 0.5) is 5.69 Å². The maximum absolute atomic E-state index is 12.2. The van der Waals surface area contributed by atoms with Crippen LogP contribution in [0.15, 0.2) is 42.5 Å². The van der Waals surface area contributed by atoms with Gasteiger partial charge in [-0.1, -0.05) is 62.7 Å². The Bertz CT molecular complexity index is 767. The second-order valence-electron chi connectivity index (χ2n) is 6.57. The Morgan fingerprint density at radius 2 is 1.73 bits per heavy atom. The smallest absolute Gasteiger partial charge is 0.256 e. The van der Waals surface area contributed by atoms with Crippen LogP contribution in [0.25, 0.3) is 11.6 Å². The highest BCUT2D eigenvalue weighted by atomic mass is 35.5. The zero-order valence-corrected chi connectivity index (χ0v) is 13.7. The standard InChI is InChI=1S/C19H18ClNO/c1-19(2,3)13-6-4-12(5-7-13)10-16-15-9-8-14(20)11-17(15)21-18(16)22/h4-11H,1-3H3,(H,21,22). The SMILES string of the molecule is CC(C)(C)c1ccc(C=C2C(=O)Nc3cc(Cl)ccc32)cc1. The van der Waals surface area contributed by atoms with Crippen molar-refractivity contribution < 1.29 is 4.79 Å². The van der Waals surface area contributed by atoms with Crippen molar-refractivity contribution in [1.82, 2.24) is 0 Å². The number of carbonyl (C=O) groups excluding carboxylic acids is 1. The first-order valence-corrected chi connectivity index (χ1v) is 7.66. The Kier molecular flexibility index (Phi) is 3.57. The van der Waals surface area contributed by atoms with Crippen LogP contribution in [-0.4, -0.2) is 5.91 Å². The Balaban J connectivity index is 1.98. The van der Waals surface area contributed by atoms with Crippen molar-refractivity contribution >= 4 is 34.8 Å². The Morgan fingerprint density at radius 1 is 1.05 bits per heavy atom. The summed E-state index contributed by atoms with van der Waals surface area (Å²) in [6.07, 6.45) is 1.92. The topological polar surface area (TPSA) is 29.1 Å². The van der Waals surface area contributed by atoms with Crippen LogP contribution in [0.1, 0.15) is 37.5 Å². The van der Waals surface area contributed by atoms with E-state index < -0.39 is 0 Å². The van der Waals surface area contributed by atoms with E-state index in [9.17, 15) is 4.79 Å². The van der Waals surface area contributed by atoms with Gasteiger partial charge in [0.25, 0.3) is 5.91 Å². The first-order valence-electron chi connectivity index (χ1n) is 7.28. The highest BCUT2D eigenvalue weighted by Crippen LogP contribution is 2.35. The summed E-state index contributed by atoms with van der Waals surface area (Å²) < 4.78 is 0. The number of amides is 1. The lowest BCUT2D eigenvalue weighted by Gasteiger charge is -2.18. The molecule has 2 aromatic rings. The summed E-state index contributed by atoms with van der Waals surface area (Å²) in [6.45, 7) is 6.56. The lowest BCUT2D eigenvalue weighted by atomic mass is 9.86. The molecule has 0 unspecified atom stereocenters. The van der Waals surface area contributed by atoms with E-state index in [0.717, 1.165) is 16.8 Å². The molecule has 1 amide bonds. The summed E-state index contributed by atoms with van der Waals surface area (Å²) in [6, 6.07) is 13.8. The molecule has 0 fully saturated rings. The lowest BCUT2D eigenvalue weighted by Crippen LogP contribution is -2.10. The van der Waals surface area contributed by atoms with E-state index in [-0.39, 0.29) is 11.3 Å². The van der Waals surface area contributed by atoms with Gasteiger partial charge in [0, 0.05) is 16.2 Å². The molecule has 22 heavy (non-hydrogen) atoms. The number of hydrogen-bond donors (Lipinski definition) is 1. The average Bonchev–Trinajstić information content (AvgIpc) is 2.74. The van der Waals surface area contributed by atoms with Gasteiger partial charge in [-0.25, -0.2) is 0 Å². The predicted molar refractivity (Wildman–Crippen MR) is 93.1 cm³/mol. The van der Waals surface area contributed by atoms with Gasteiger partial charge in [-0.05, 0) is 34.8 Å². The molecule has 1 N–H and O–H groups in total. The highest BCUT2D eigenvalue weighted by Gasteiger charge is 2.24. The number of rotatable bonds is 1. The molecular formula is C19H18ClNO.